The molecule has 0 saturated carbocycles. The van der Waals surface area contributed by atoms with Crippen LogP contribution in [-0.2, 0) is 4.79 Å². The third kappa shape index (κ3) is 3.44. The Hall–Kier alpha value is -2.11. The molecule has 0 atom stereocenters. The standard InChI is InChI=1S/C11H13FN2O3/c1-7-4-3-5-8(12)10(7)13-11(17)14(2)6-9(15)16/h3-5H,6H2,1-2H3,(H,13,17)(H,15,16). The lowest BCUT2D eigenvalue weighted by Crippen LogP contribution is -2.35. The number of nitrogens with zero attached hydrogens (tertiary/aromatic N) is 1. The summed E-state index contributed by atoms with van der Waals surface area (Å²) in [7, 11) is 1.32. The zero-order valence-corrected chi connectivity index (χ0v) is 9.53. The number of rotatable bonds is 3. The summed E-state index contributed by atoms with van der Waals surface area (Å²) in [6, 6.07) is 3.73. The summed E-state index contributed by atoms with van der Waals surface area (Å²) < 4.78 is 13.4. The molecule has 6 heteroatoms. The Kier molecular flexibility index (Phi) is 4.03. The van der Waals surface area contributed by atoms with Gasteiger partial charge >= 0.3 is 12.0 Å². The number of aryl methyl sites for hydroxylation is 1. The van der Waals surface area contributed by atoms with Crippen molar-refractivity contribution in [3.63, 3.8) is 0 Å². The smallest absolute Gasteiger partial charge is 0.323 e. The van der Waals surface area contributed by atoms with E-state index in [-0.39, 0.29) is 5.69 Å². The van der Waals surface area contributed by atoms with Crippen LogP contribution in [0, 0.1) is 12.7 Å². The molecular weight excluding hydrogens is 227 g/mol. The van der Waals surface area contributed by atoms with Gasteiger partial charge in [-0.05, 0) is 18.6 Å². The monoisotopic (exact) mass is 240 g/mol. The predicted octanol–water partition coefficient (Wildman–Crippen LogP) is 1.68. The summed E-state index contributed by atoms with van der Waals surface area (Å²) in [5.41, 5.74) is 0.636. The second-order valence-electron chi connectivity index (χ2n) is 3.61. The van der Waals surface area contributed by atoms with Gasteiger partial charge in [0.1, 0.15) is 12.4 Å². The number of carbonyl (C=O) groups is 2. The fourth-order valence-corrected chi connectivity index (χ4v) is 1.27. The number of benzene rings is 1. The minimum absolute atomic E-state index is 0.0646. The number of carboxylic acid groups (broad SMARTS) is 1. The molecule has 1 aromatic rings. The topological polar surface area (TPSA) is 69.6 Å². The molecule has 5 nitrogen and oxygen atoms in total. The average molecular weight is 240 g/mol. The number of carboxylic acids is 1. The first-order valence-electron chi connectivity index (χ1n) is 4.91. The summed E-state index contributed by atoms with van der Waals surface area (Å²) >= 11 is 0. The van der Waals surface area contributed by atoms with Crippen molar-refractivity contribution in [3.8, 4) is 0 Å². The first kappa shape index (κ1) is 13.0. The van der Waals surface area contributed by atoms with Crippen molar-refractivity contribution in [2.45, 2.75) is 6.92 Å². The molecule has 1 rings (SSSR count). The Morgan fingerprint density at radius 3 is 2.65 bits per heavy atom. The van der Waals surface area contributed by atoms with Crippen LogP contribution >= 0.6 is 0 Å². The summed E-state index contributed by atoms with van der Waals surface area (Å²) in [6.45, 7) is 1.20. The van der Waals surface area contributed by atoms with Gasteiger partial charge in [-0.2, -0.15) is 0 Å². The van der Waals surface area contributed by atoms with E-state index in [0.29, 0.717) is 5.56 Å². The zero-order valence-electron chi connectivity index (χ0n) is 9.53. The van der Waals surface area contributed by atoms with Crippen LogP contribution in [0.2, 0.25) is 0 Å². The highest BCUT2D eigenvalue weighted by Gasteiger charge is 2.14. The van der Waals surface area contributed by atoms with Gasteiger partial charge in [0.2, 0.25) is 0 Å². The Morgan fingerprint density at radius 2 is 2.12 bits per heavy atom. The number of nitrogens with one attached hydrogen (secondary N) is 1. The van der Waals surface area contributed by atoms with Gasteiger partial charge in [-0.1, -0.05) is 12.1 Å². The fraction of sp³-hybridized carbons (Fsp3) is 0.273. The molecule has 0 unspecified atom stereocenters. The van der Waals surface area contributed by atoms with Crippen LogP contribution in [0.15, 0.2) is 18.2 Å². The number of likely N-dealkylation sites (N-methyl/N-ethyl adjacent to an activating group) is 1. The first-order chi connectivity index (χ1) is 7.91. The van der Waals surface area contributed by atoms with E-state index in [1.54, 1.807) is 13.0 Å². The summed E-state index contributed by atoms with van der Waals surface area (Å²) in [5.74, 6) is -1.69. The number of carbonyl (C=O) groups excluding carboxylic acids is 1. The van der Waals surface area contributed by atoms with Gasteiger partial charge in [0, 0.05) is 7.05 Å². The predicted molar refractivity (Wildman–Crippen MR) is 60.4 cm³/mol. The molecule has 0 spiro atoms. The van der Waals surface area contributed by atoms with E-state index < -0.39 is 24.4 Å². The lowest BCUT2D eigenvalue weighted by atomic mass is 10.2. The van der Waals surface area contributed by atoms with Crippen molar-refractivity contribution in [1.82, 2.24) is 4.90 Å². The molecule has 0 aliphatic rings. The second-order valence-corrected chi connectivity index (χ2v) is 3.61. The quantitative estimate of drug-likeness (QED) is 0.844. The lowest BCUT2D eigenvalue weighted by Gasteiger charge is -2.16. The first-order valence-corrected chi connectivity index (χ1v) is 4.91. The molecule has 0 radical (unpaired) electrons. The highest BCUT2D eigenvalue weighted by atomic mass is 19.1. The number of hydrogen-bond acceptors (Lipinski definition) is 2. The van der Waals surface area contributed by atoms with Crippen molar-refractivity contribution in [2.24, 2.45) is 0 Å². The van der Waals surface area contributed by atoms with E-state index in [2.05, 4.69) is 5.32 Å². The maximum absolute atomic E-state index is 13.4. The van der Waals surface area contributed by atoms with Crippen LogP contribution in [0.5, 0.6) is 0 Å². The largest absolute Gasteiger partial charge is 0.480 e. The average Bonchev–Trinajstić information content (AvgIpc) is 2.22. The molecule has 0 heterocycles. The van der Waals surface area contributed by atoms with E-state index in [4.69, 9.17) is 5.11 Å². The van der Waals surface area contributed by atoms with Crippen LogP contribution in [0.25, 0.3) is 0 Å². The van der Waals surface area contributed by atoms with Gasteiger partial charge in [-0.25, -0.2) is 9.18 Å². The second kappa shape index (κ2) is 5.29. The number of para-hydroxylation sites is 1. The van der Waals surface area contributed by atoms with Crippen molar-refractivity contribution < 1.29 is 19.1 Å². The van der Waals surface area contributed by atoms with Gasteiger partial charge in [-0.3, -0.25) is 4.79 Å². The molecule has 17 heavy (non-hydrogen) atoms. The Balaban J connectivity index is 2.78. The van der Waals surface area contributed by atoms with Gasteiger partial charge in [0.05, 0.1) is 5.69 Å². The number of anilines is 1. The summed E-state index contributed by atoms with van der Waals surface area (Å²) in [5, 5.41) is 10.8. The molecule has 0 aliphatic heterocycles. The van der Waals surface area contributed by atoms with E-state index in [1.165, 1.54) is 19.2 Å². The third-order valence-electron chi connectivity index (χ3n) is 2.17. The van der Waals surface area contributed by atoms with E-state index in [9.17, 15) is 14.0 Å². The minimum Gasteiger partial charge on any atom is -0.480 e. The minimum atomic E-state index is -1.13. The molecular formula is C11H13FN2O3. The van der Waals surface area contributed by atoms with Gasteiger partial charge in [0.15, 0.2) is 0 Å². The van der Waals surface area contributed by atoms with E-state index >= 15 is 0 Å². The SMILES string of the molecule is Cc1cccc(F)c1NC(=O)N(C)CC(=O)O. The molecule has 0 fully saturated rings. The normalized spacial score (nSPS) is 9.82. The zero-order chi connectivity index (χ0) is 13.0. The molecule has 2 N–H and O–H groups in total. The Labute approximate surface area is 97.8 Å². The molecule has 0 aliphatic carbocycles. The molecule has 2 amide bonds. The molecule has 0 aromatic heterocycles. The number of urea groups is 1. The van der Waals surface area contributed by atoms with Crippen LogP contribution in [0.1, 0.15) is 5.56 Å². The third-order valence-corrected chi connectivity index (χ3v) is 2.17. The van der Waals surface area contributed by atoms with Crippen molar-refractivity contribution >= 4 is 17.7 Å². The Bertz CT molecular complexity index is 428. The summed E-state index contributed by atoms with van der Waals surface area (Å²) in [4.78, 5) is 22.9. The van der Waals surface area contributed by atoms with Crippen molar-refractivity contribution in [2.75, 3.05) is 18.9 Å². The van der Waals surface area contributed by atoms with Gasteiger partial charge < -0.3 is 15.3 Å². The van der Waals surface area contributed by atoms with Crippen LogP contribution in [-0.4, -0.2) is 35.6 Å². The van der Waals surface area contributed by atoms with E-state index in [1.807, 2.05) is 0 Å². The van der Waals surface area contributed by atoms with Gasteiger partial charge in [0.25, 0.3) is 0 Å². The van der Waals surface area contributed by atoms with Crippen LogP contribution in [0.4, 0.5) is 14.9 Å². The highest BCUT2D eigenvalue weighted by Crippen LogP contribution is 2.18. The molecule has 0 saturated heterocycles. The maximum Gasteiger partial charge on any atom is 0.323 e. The number of hydrogen-bond donors (Lipinski definition) is 2. The fourth-order valence-electron chi connectivity index (χ4n) is 1.27. The maximum atomic E-state index is 13.4. The number of halogens is 1. The van der Waals surface area contributed by atoms with Crippen LogP contribution in [0.3, 0.4) is 0 Å². The number of amides is 2. The molecule has 92 valence electrons. The van der Waals surface area contributed by atoms with Crippen molar-refractivity contribution in [1.29, 1.82) is 0 Å². The number of aliphatic carboxylic acids is 1. The molecule has 1 aromatic carbocycles. The lowest BCUT2D eigenvalue weighted by molar-refractivity contribution is -0.137. The molecule has 0 bridgehead atoms. The summed E-state index contributed by atoms with van der Waals surface area (Å²) in [6.07, 6.45) is 0. The highest BCUT2D eigenvalue weighted by molar-refractivity contribution is 5.91. The Morgan fingerprint density at radius 1 is 1.47 bits per heavy atom. The van der Waals surface area contributed by atoms with Gasteiger partial charge in [-0.15, -0.1) is 0 Å². The van der Waals surface area contributed by atoms with E-state index in [0.717, 1.165) is 4.90 Å². The van der Waals surface area contributed by atoms with Crippen LogP contribution < -0.4 is 5.32 Å². The van der Waals surface area contributed by atoms with Crippen molar-refractivity contribution in [3.05, 3.63) is 29.6 Å².